The molecular formula is C14H24N2O4. The fraction of sp³-hybridized carbons (Fsp3) is 0.857. The van der Waals surface area contributed by atoms with Crippen LogP contribution in [-0.4, -0.2) is 46.9 Å². The molecule has 114 valence electrons. The first-order valence-corrected chi connectivity index (χ1v) is 6.99. The predicted octanol–water partition coefficient (Wildman–Crippen LogP) is 1.49. The molecule has 2 rings (SSSR count). The van der Waals surface area contributed by atoms with E-state index in [0.29, 0.717) is 6.61 Å². The molecule has 0 spiro atoms. The van der Waals surface area contributed by atoms with E-state index >= 15 is 0 Å². The lowest BCUT2D eigenvalue weighted by Crippen LogP contribution is -2.67. The van der Waals surface area contributed by atoms with E-state index < -0.39 is 17.4 Å². The molecule has 2 heterocycles. The second-order valence-electron chi connectivity index (χ2n) is 7.00. The number of carbonyl (C=O) groups is 2. The third-order valence-electron chi connectivity index (χ3n) is 3.79. The molecule has 0 radical (unpaired) electrons. The molecule has 1 N–H and O–H groups in total. The zero-order valence-corrected chi connectivity index (χ0v) is 13.0. The van der Waals surface area contributed by atoms with E-state index in [1.165, 1.54) is 0 Å². The number of hydrogen-bond donors (Lipinski definition) is 1. The predicted molar refractivity (Wildman–Crippen MR) is 73.0 cm³/mol. The Morgan fingerprint density at radius 3 is 2.50 bits per heavy atom. The van der Waals surface area contributed by atoms with Crippen LogP contribution in [0.1, 0.15) is 41.5 Å². The molecule has 0 bridgehead atoms. The van der Waals surface area contributed by atoms with E-state index in [9.17, 15) is 9.59 Å². The van der Waals surface area contributed by atoms with Crippen molar-refractivity contribution in [3.05, 3.63) is 0 Å². The largest absolute Gasteiger partial charge is 0.444 e. The van der Waals surface area contributed by atoms with Crippen LogP contribution >= 0.6 is 0 Å². The van der Waals surface area contributed by atoms with Gasteiger partial charge in [0.05, 0.1) is 24.6 Å². The summed E-state index contributed by atoms with van der Waals surface area (Å²) in [6, 6.07) is -0.260. The summed E-state index contributed by atoms with van der Waals surface area (Å²) in [6.07, 6.45) is -0.404. The highest BCUT2D eigenvalue weighted by Gasteiger charge is 2.53. The summed E-state index contributed by atoms with van der Waals surface area (Å²) >= 11 is 0. The van der Waals surface area contributed by atoms with Gasteiger partial charge in [-0.1, -0.05) is 6.92 Å². The second-order valence-corrected chi connectivity index (χ2v) is 7.00. The first-order chi connectivity index (χ1) is 9.03. The monoisotopic (exact) mass is 284 g/mol. The van der Waals surface area contributed by atoms with E-state index in [-0.39, 0.29) is 23.9 Å². The van der Waals surface area contributed by atoms with Gasteiger partial charge < -0.3 is 14.8 Å². The average molecular weight is 284 g/mol. The van der Waals surface area contributed by atoms with Gasteiger partial charge in [0.1, 0.15) is 11.3 Å². The zero-order chi connectivity index (χ0) is 15.3. The highest BCUT2D eigenvalue weighted by Crippen LogP contribution is 2.34. The fourth-order valence-electron chi connectivity index (χ4n) is 2.68. The van der Waals surface area contributed by atoms with Crippen molar-refractivity contribution in [1.82, 2.24) is 10.2 Å². The SMILES string of the molecule is C[C@H]1C(=O)N[C@@H]1[C@@H]1COC(C)(C)N1C(=O)OC(C)(C)C. The number of β-lactam (4-membered cyclic amide) rings is 1. The Morgan fingerprint density at radius 2 is 2.05 bits per heavy atom. The van der Waals surface area contributed by atoms with Gasteiger partial charge in [0.15, 0.2) is 0 Å². The molecule has 2 aliphatic heterocycles. The van der Waals surface area contributed by atoms with E-state index in [2.05, 4.69) is 5.32 Å². The van der Waals surface area contributed by atoms with Gasteiger partial charge in [-0.25, -0.2) is 4.79 Å². The second kappa shape index (κ2) is 4.62. The quantitative estimate of drug-likeness (QED) is 0.741. The zero-order valence-electron chi connectivity index (χ0n) is 13.0. The molecule has 0 saturated carbocycles. The van der Waals surface area contributed by atoms with Crippen LogP contribution in [0.3, 0.4) is 0 Å². The van der Waals surface area contributed by atoms with Gasteiger partial charge in [-0.15, -0.1) is 0 Å². The van der Waals surface area contributed by atoms with Gasteiger partial charge in [-0.3, -0.25) is 9.69 Å². The topological polar surface area (TPSA) is 67.9 Å². The molecule has 0 aliphatic carbocycles. The number of nitrogens with one attached hydrogen (secondary N) is 1. The number of carbonyl (C=O) groups excluding carboxylic acids is 2. The Labute approximate surface area is 119 Å². The molecule has 0 aromatic heterocycles. The highest BCUT2D eigenvalue weighted by molar-refractivity contribution is 5.86. The van der Waals surface area contributed by atoms with Crippen LogP contribution < -0.4 is 5.32 Å². The number of amides is 2. The van der Waals surface area contributed by atoms with Gasteiger partial charge >= 0.3 is 6.09 Å². The van der Waals surface area contributed by atoms with Crippen LogP contribution in [0.25, 0.3) is 0 Å². The standard InChI is InChI=1S/C14H24N2O4/c1-8-10(15-11(8)17)9-7-19-14(5,6)16(9)12(18)20-13(2,3)4/h8-10H,7H2,1-6H3,(H,15,17)/t8-,9+,10+/m1/s1. The highest BCUT2D eigenvalue weighted by atomic mass is 16.6. The lowest BCUT2D eigenvalue weighted by Gasteiger charge is -2.43. The van der Waals surface area contributed by atoms with Crippen LogP contribution in [0, 0.1) is 5.92 Å². The van der Waals surface area contributed by atoms with Gasteiger partial charge in [0.2, 0.25) is 5.91 Å². The Balaban J connectivity index is 2.17. The minimum atomic E-state index is -0.729. The van der Waals surface area contributed by atoms with Gasteiger partial charge in [-0.2, -0.15) is 0 Å². The smallest absolute Gasteiger partial charge is 0.412 e. The Morgan fingerprint density at radius 1 is 1.45 bits per heavy atom. The summed E-state index contributed by atoms with van der Waals surface area (Å²) in [5.74, 6) is -0.0914. The molecule has 6 heteroatoms. The van der Waals surface area contributed by atoms with Crippen molar-refractivity contribution in [2.45, 2.75) is 65.0 Å². The van der Waals surface area contributed by atoms with E-state index in [1.54, 1.807) is 4.90 Å². The normalized spacial score (nSPS) is 32.6. The van der Waals surface area contributed by atoms with Gasteiger partial charge in [0.25, 0.3) is 0 Å². The van der Waals surface area contributed by atoms with Crippen molar-refractivity contribution < 1.29 is 19.1 Å². The first kappa shape index (κ1) is 15.1. The van der Waals surface area contributed by atoms with Crippen molar-refractivity contribution in [3.63, 3.8) is 0 Å². The maximum absolute atomic E-state index is 12.4. The molecule has 0 unspecified atom stereocenters. The Kier molecular flexibility index (Phi) is 3.48. The van der Waals surface area contributed by atoms with Crippen LogP contribution in [0.15, 0.2) is 0 Å². The minimum absolute atomic E-state index is 0.0174. The van der Waals surface area contributed by atoms with Crippen molar-refractivity contribution >= 4 is 12.0 Å². The minimum Gasteiger partial charge on any atom is -0.444 e. The third kappa shape index (κ3) is 2.61. The molecular weight excluding hydrogens is 260 g/mol. The Hall–Kier alpha value is -1.30. The lowest BCUT2D eigenvalue weighted by molar-refractivity contribution is -0.136. The molecule has 0 aromatic carbocycles. The third-order valence-corrected chi connectivity index (χ3v) is 3.79. The average Bonchev–Trinajstić information content (AvgIpc) is 2.58. The molecule has 3 atom stereocenters. The maximum atomic E-state index is 12.4. The number of rotatable bonds is 1. The molecule has 2 amide bonds. The first-order valence-electron chi connectivity index (χ1n) is 6.99. The molecule has 2 aliphatic rings. The van der Waals surface area contributed by atoms with Gasteiger partial charge in [-0.05, 0) is 34.6 Å². The van der Waals surface area contributed by atoms with Crippen molar-refractivity contribution in [1.29, 1.82) is 0 Å². The van der Waals surface area contributed by atoms with E-state index in [1.807, 2.05) is 41.5 Å². The maximum Gasteiger partial charge on any atom is 0.412 e. The molecule has 2 saturated heterocycles. The van der Waals surface area contributed by atoms with Crippen molar-refractivity contribution in [3.8, 4) is 0 Å². The van der Waals surface area contributed by atoms with Crippen LogP contribution in [-0.2, 0) is 14.3 Å². The van der Waals surface area contributed by atoms with Crippen LogP contribution in [0.4, 0.5) is 4.79 Å². The number of hydrogen-bond acceptors (Lipinski definition) is 4. The summed E-state index contributed by atoms with van der Waals surface area (Å²) < 4.78 is 11.2. The fourth-order valence-corrected chi connectivity index (χ4v) is 2.68. The molecule has 0 aromatic rings. The van der Waals surface area contributed by atoms with Crippen LogP contribution in [0.2, 0.25) is 0 Å². The summed E-state index contributed by atoms with van der Waals surface area (Å²) in [6.45, 7) is 11.4. The number of ether oxygens (including phenoxy) is 2. The summed E-state index contributed by atoms with van der Waals surface area (Å²) in [5, 5.41) is 2.85. The van der Waals surface area contributed by atoms with Crippen molar-refractivity contribution in [2.75, 3.05) is 6.61 Å². The Bertz CT molecular complexity index is 427. The molecule has 2 fully saturated rings. The number of nitrogens with zero attached hydrogens (tertiary/aromatic N) is 1. The van der Waals surface area contributed by atoms with E-state index in [4.69, 9.17) is 9.47 Å². The summed E-state index contributed by atoms with van der Waals surface area (Å²) in [4.78, 5) is 25.4. The van der Waals surface area contributed by atoms with E-state index in [0.717, 1.165) is 0 Å². The molecule has 20 heavy (non-hydrogen) atoms. The summed E-state index contributed by atoms with van der Waals surface area (Å²) in [5.41, 5.74) is -1.29. The lowest BCUT2D eigenvalue weighted by atomic mass is 9.86. The van der Waals surface area contributed by atoms with Crippen LogP contribution in [0.5, 0.6) is 0 Å². The van der Waals surface area contributed by atoms with Gasteiger partial charge in [0, 0.05) is 0 Å². The van der Waals surface area contributed by atoms with Crippen molar-refractivity contribution in [2.24, 2.45) is 5.92 Å². The summed E-state index contributed by atoms with van der Waals surface area (Å²) in [7, 11) is 0. The molecule has 6 nitrogen and oxygen atoms in total.